The molecule has 0 spiro atoms. The molecule has 0 saturated heterocycles. The summed E-state index contributed by atoms with van der Waals surface area (Å²) in [6.45, 7) is 3.48. The fourth-order valence-electron chi connectivity index (χ4n) is 4.30. The maximum absolute atomic E-state index is 5.34. The van der Waals surface area contributed by atoms with Gasteiger partial charge in [0.05, 0.1) is 7.11 Å². The van der Waals surface area contributed by atoms with Crippen LogP contribution in [0.4, 0.5) is 0 Å². The van der Waals surface area contributed by atoms with Gasteiger partial charge in [-0.2, -0.15) is 0 Å². The smallest absolute Gasteiger partial charge is 0.119 e. The highest BCUT2D eigenvalue weighted by atomic mass is 16.5. The Balaban J connectivity index is 1.41. The number of methoxy groups -OCH3 is 1. The van der Waals surface area contributed by atoms with Crippen molar-refractivity contribution >= 4 is 0 Å². The van der Waals surface area contributed by atoms with E-state index in [4.69, 9.17) is 4.74 Å². The van der Waals surface area contributed by atoms with Crippen LogP contribution in [0.5, 0.6) is 5.75 Å². The first kappa shape index (κ1) is 22.3. The van der Waals surface area contributed by atoms with Gasteiger partial charge in [0, 0.05) is 6.04 Å². The molecule has 1 N–H and O–H groups in total. The van der Waals surface area contributed by atoms with E-state index < -0.39 is 0 Å². The normalized spacial score (nSPS) is 16.3. The Labute approximate surface area is 168 Å². The van der Waals surface area contributed by atoms with Crippen molar-refractivity contribution in [1.29, 1.82) is 0 Å². The van der Waals surface area contributed by atoms with Crippen LogP contribution in [-0.4, -0.2) is 19.7 Å². The lowest BCUT2D eigenvalue weighted by atomic mass is 9.88. The van der Waals surface area contributed by atoms with Gasteiger partial charge < -0.3 is 10.1 Å². The van der Waals surface area contributed by atoms with Gasteiger partial charge in [0.25, 0.3) is 0 Å². The van der Waals surface area contributed by atoms with E-state index in [9.17, 15) is 0 Å². The summed E-state index contributed by atoms with van der Waals surface area (Å²) in [5, 5.41) is 3.80. The number of nitrogens with one attached hydrogen (secondary N) is 1. The van der Waals surface area contributed by atoms with Crippen molar-refractivity contribution in [3.8, 4) is 5.75 Å². The number of fused-ring (bicyclic) bond motifs is 1. The van der Waals surface area contributed by atoms with E-state index in [-0.39, 0.29) is 0 Å². The van der Waals surface area contributed by atoms with Crippen LogP contribution in [0.3, 0.4) is 0 Å². The highest BCUT2D eigenvalue weighted by Gasteiger charge is 2.18. The number of rotatable bonds is 15. The maximum atomic E-state index is 5.34. The molecule has 1 aliphatic carbocycles. The third-order valence-electron chi connectivity index (χ3n) is 6.11. The predicted molar refractivity (Wildman–Crippen MR) is 118 cm³/mol. The third-order valence-corrected chi connectivity index (χ3v) is 6.11. The van der Waals surface area contributed by atoms with Crippen molar-refractivity contribution < 1.29 is 4.74 Å². The first-order chi connectivity index (χ1) is 13.3. The van der Waals surface area contributed by atoms with Crippen LogP contribution in [0.2, 0.25) is 0 Å². The van der Waals surface area contributed by atoms with E-state index >= 15 is 0 Å². The molecule has 0 saturated carbocycles. The molecule has 2 rings (SSSR count). The van der Waals surface area contributed by atoms with Gasteiger partial charge in [-0.05, 0) is 55.5 Å². The molecule has 0 aliphatic heterocycles. The van der Waals surface area contributed by atoms with Gasteiger partial charge in [0.2, 0.25) is 0 Å². The minimum Gasteiger partial charge on any atom is -0.497 e. The molecule has 0 fully saturated rings. The lowest BCUT2D eigenvalue weighted by Gasteiger charge is -2.26. The van der Waals surface area contributed by atoms with Crippen molar-refractivity contribution in [3.05, 3.63) is 29.3 Å². The summed E-state index contributed by atoms with van der Waals surface area (Å²) >= 11 is 0. The Morgan fingerprint density at radius 3 is 2.11 bits per heavy atom. The molecule has 0 amide bonds. The molecule has 1 aromatic rings. The Kier molecular flexibility index (Phi) is 11.6. The molecule has 27 heavy (non-hydrogen) atoms. The lowest BCUT2D eigenvalue weighted by Crippen LogP contribution is -2.35. The van der Waals surface area contributed by atoms with Gasteiger partial charge in [-0.3, -0.25) is 0 Å². The zero-order valence-electron chi connectivity index (χ0n) is 18.0. The van der Waals surface area contributed by atoms with E-state index in [0.717, 1.165) is 5.75 Å². The average Bonchev–Trinajstić information content (AvgIpc) is 2.71. The Morgan fingerprint density at radius 1 is 0.852 bits per heavy atom. The zero-order chi connectivity index (χ0) is 19.2. The van der Waals surface area contributed by atoms with Crippen LogP contribution in [0.25, 0.3) is 0 Å². The van der Waals surface area contributed by atoms with E-state index in [1.165, 1.54) is 114 Å². The SMILES string of the molecule is CCCCCCCCCCCCCCNC1CCc2cc(OC)ccc2C1. The molecule has 0 bridgehead atoms. The summed E-state index contributed by atoms with van der Waals surface area (Å²) in [6, 6.07) is 7.24. The van der Waals surface area contributed by atoms with Crippen LogP contribution >= 0.6 is 0 Å². The summed E-state index contributed by atoms with van der Waals surface area (Å²) < 4.78 is 5.34. The second kappa shape index (κ2) is 14.0. The highest BCUT2D eigenvalue weighted by Crippen LogP contribution is 2.25. The van der Waals surface area contributed by atoms with E-state index in [2.05, 4.69) is 30.4 Å². The molecule has 2 heteroatoms. The molecule has 1 aromatic carbocycles. The molecule has 0 heterocycles. The Morgan fingerprint density at radius 2 is 1.48 bits per heavy atom. The largest absolute Gasteiger partial charge is 0.497 e. The van der Waals surface area contributed by atoms with Crippen LogP contribution in [0.1, 0.15) is 102 Å². The Hall–Kier alpha value is -1.02. The first-order valence-electron chi connectivity index (χ1n) is 11.7. The minimum absolute atomic E-state index is 0.665. The minimum atomic E-state index is 0.665. The first-order valence-corrected chi connectivity index (χ1v) is 11.7. The van der Waals surface area contributed by atoms with Crippen molar-refractivity contribution in [2.24, 2.45) is 0 Å². The molecule has 1 aliphatic rings. The van der Waals surface area contributed by atoms with E-state index in [1.54, 1.807) is 7.11 Å². The number of ether oxygens (including phenoxy) is 1. The van der Waals surface area contributed by atoms with Gasteiger partial charge in [-0.15, -0.1) is 0 Å². The van der Waals surface area contributed by atoms with Gasteiger partial charge >= 0.3 is 0 Å². The van der Waals surface area contributed by atoms with Gasteiger partial charge in [0.15, 0.2) is 0 Å². The molecule has 2 nitrogen and oxygen atoms in total. The fourth-order valence-corrected chi connectivity index (χ4v) is 4.30. The number of hydrogen-bond donors (Lipinski definition) is 1. The van der Waals surface area contributed by atoms with Crippen LogP contribution in [-0.2, 0) is 12.8 Å². The number of hydrogen-bond acceptors (Lipinski definition) is 2. The summed E-state index contributed by atoms with van der Waals surface area (Å²) in [5.41, 5.74) is 2.99. The average molecular weight is 374 g/mol. The molecule has 154 valence electrons. The van der Waals surface area contributed by atoms with Gasteiger partial charge in [-0.25, -0.2) is 0 Å². The van der Waals surface area contributed by atoms with E-state index in [0.29, 0.717) is 6.04 Å². The predicted octanol–water partition coefficient (Wildman–Crippen LogP) is 6.84. The third kappa shape index (κ3) is 9.14. The van der Waals surface area contributed by atoms with Crippen molar-refractivity contribution in [2.45, 2.75) is 109 Å². The fraction of sp³-hybridized carbons (Fsp3) is 0.760. The van der Waals surface area contributed by atoms with Crippen LogP contribution < -0.4 is 10.1 Å². The summed E-state index contributed by atoms with van der Waals surface area (Å²) in [5.74, 6) is 0.997. The quantitative estimate of drug-likeness (QED) is 0.340. The Bertz CT molecular complexity index is 499. The standard InChI is InChI=1S/C25H43NO/c1-3-4-5-6-7-8-9-10-11-12-13-14-19-26-24-17-15-23-21-25(27-2)18-16-22(23)20-24/h16,18,21,24,26H,3-15,17,19-20H2,1-2H3. The topological polar surface area (TPSA) is 21.3 Å². The lowest BCUT2D eigenvalue weighted by molar-refractivity contribution is 0.410. The highest BCUT2D eigenvalue weighted by molar-refractivity contribution is 5.37. The molecule has 1 unspecified atom stereocenters. The molecular weight excluding hydrogens is 330 g/mol. The second-order valence-electron chi connectivity index (χ2n) is 8.42. The van der Waals surface area contributed by atoms with Crippen LogP contribution in [0.15, 0.2) is 18.2 Å². The van der Waals surface area contributed by atoms with Gasteiger partial charge in [-0.1, -0.05) is 83.6 Å². The van der Waals surface area contributed by atoms with E-state index in [1.807, 2.05) is 0 Å². The van der Waals surface area contributed by atoms with Crippen molar-refractivity contribution in [2.75, 3.05) is 13.7 Å². The second-order valence-corrected chi connectivity index (χ2v) is 8.42. The number of benzene rings is 1. The summed E-state index contributed by atoms with van der Waals surface area (Å²) in [6.07, 6.45) is 20.7. The summed E-state index contributed by atoms with van der Waals surface area (Å²) in [7, 11) is 1.75. The van der Waals surface area contributed by atoms with Crippen LogP contribution in [0, 0.1) is 0 Å². The zero-order valence-corrected chi connectivity index (χ0v) is 18.0. The molecular formula is C25H43NO. The summed E-state index contributed by atoms with van der Waals surface area (Å²) in [4.78, 5) is 0. The monoisotopic (exact) mass is 373 g/mol. The van der Waals surface area contributed by atoms with Crippen molar-refractivity contribution in [3.63, 3.8) is 0 Å². The number of aryl methyl sites for hydroxylation is 1. The van der Waals surface area contributed by atoms with Crippen molar-refractivity contribution in [1.82, 2.24) is 5.32 Å². The molecule has 0 radical (unpaired) electrons. The number of unbranched alkanes of at least 4 members (excludes halogenated alkanes) is 11. The molecule has 1 atom stereocenters. The maximum Gasteiger partial charge on any atom is 0.119 e. The molecule has 0 aromatic heterocycles. The van der Waals surface area contributed by atoms with Gasteiger partial charge in [0.1, 0.15) is 5.75 Å².